The average molecular weight is 418 g/mol. The Morgan fingerprint density at radius 3 is 2.62 bits per heavy atom. The summed E-state index contributed by atoms with van der Waals surface area (Å²) in [5, 5.41) is 4.45. The van der Waals surface area contributed by atoms with Crippen molar-refractivity contribution in [2.75, 3.05) is 0 Å². The number of halogens is 3. The lowest BCUT2D eigenvalue weighted by Gasteiger charge is -2.06. The topological polar surface area (TPSA) is 34.9 Å². The van der Waals surface area contributed by atoms with Crippen molar-refractivity contribution in [3.05, 3.63) is 49.9 Å². The number of Topliss-reactive ketones (excluding diaryl/α,β-unsaturated/α-hetero) is 1. The monoisotopic (exact) mass is 416 g/mol. The Morgan fingerprint density at radius 2 is 2.05 bits per heavy atom. The van der Waals surface area contributed by atoms with Crippen molar-refractivity contribution in [3.8, 4) is 0 Å². The largest absolute Gasteiger partial charge is 0.294 e. The zero-order valence-electron chi connectivity index (χ0n) is 11.8. The number of ketones is 1. The molecule has 0 unspecified atom stereocenters. The summed E-state index contributed by atoms with van der Waals surface area (Å²) in [6, 6.07) is 4.47. The second-order valence-electron chi connectivity index (χ2n) is 4.60. The van der Waals surface area contributed by atoms with Crippen molar-refractivity contribution in [1.29, 1.82) is 0 Å². The molecule has 0 fully saturated rings. The van der Waals surface area contributed by atoms with Gasteiger partial charge in [-0.1, -0.05) is 22.9 Å². The molecule has 1 aromatic heterocycles. The summed E-state index contributed by atoms with van der Waals surface area (Å²) < 4.78 is 17.1. The van der Waals surface area contributed by atoms with Crippen LogP contribution in [0.1, 0.15) is 35.6 Å². The third-order valence-corrected chi connectivity index (χ3v) is 4.66. The molecule has 0 saturated carbocycles. The van der Waals surface area contributed by atoms with Gasteiger partial charge in [-0.05, 0) is 47.5 Å². The van der Waals surface area contributed by atoms with E-state index in [4.69, 9.17) is 0 Å². The molecule has 0 spiro atoms. The number of hydrogen-bond acceptors (Lipinski definition) is 2. The normalized spacial score (nSPS) is 10.9. The van der Waals surface area contributed by atoms with Gasteiger partial charge in [0.1, 0.15) is 5.82 Å². The van der Waals surface area contributed by atoms with E-state index >= 15 is 0 Å². The van der Waals surface area contributed by atoms with Crippen molar-refractivity contribution in [1.82, 2.24) is 9.78 Å². The number of aryl methyl sites for hydroxylation is 2. The SMILES string of the molecule is CCc1nn(CC)c(CC(=O)c2ccc(Br)cc2F)c1Br. The van der Waals surface area contributed by atoms with E-state index in [-0.39, 0.29) is 17.8 Å². The molecule has 0 amide bonds. The van der Waals surface area contributed by atoms with E-state index < -0.39 is 5.82 Å². The second kappa shape index (κ2) is 6.83. The first kappa shape index (κ1) is 16.4. The van der Waals surface area contributed by atoms with Crippen molar-refractivity contribution in [3.63, 3.8) is 0 Å². The van der Waals surface area contributed by atoms with E-state index in [1.807, 2.05) is 13.8 Å². The molecule has 0 aliphatic rings. The number of nitrogens with zero attached hydrogens (tertiary/aromatic N) is 2. The van der Waals surface area contributed by atoms with Crippen molar-refractivity contribution >= 4 is 37.6 Å². The first-order valence-corrected chi connectivity index (χ1v) is 8.28. The number of carbonyl (C=O) groups is 1. The lowest BCUT2D eigenvalue weighted by atomic mass is 10.1. The van der Waals surface area contributed by atoms with Gasteiger partial charge in [-0.15, -0.1) is 0 Å². The van der Waals surface area contributed by atoms with E-state index in [1.165, 1.54) is 12.1 Å². The second-order valence-corrected chi connectivity index (χ2v) is 6.31. The Hall–Kier alpha value is -1.01. The molecule has 1 heterocycles. The van der Waals surface area contributed by atoms with Gasteiger partial charge >= 0.3 is 0 Å². The van der Waals surface area contributed by atoms with Crippen LogP contribution >= 0.6 is 31.9 Å². The van der Waals surface area contributed by atoms with Crippen LogP contribution in [-0.2, 0) is 19.4 Å². The highest BCUT2D eigenvalue weighted by Crippen LogP contribution is 2.24. The van der Waals surface area contributed by atoms with E-state index in [2.05, 4.69) is 37.0 Å². The van der Waals surface area contributed by atoms with Gasteiger partial charge in [0.2, 0.25) is 0 Å². The molecule has 0 aliphatic heterocycles. The summed E-state index contributed by atoms with van der Waals surface area (Å²) >= 11 is 6.68. The first-order valence-electron chi connectivity index (χ1n) is 6.70. The van der Waals surface area contributed by atoms with Crippen LogP contribution in [0, 0.1) is 5.82 Å². The van der Waals surface area contributed by atoms with Crippen LogP contribution in [0.15, 0.2) is 27.1 Å². The fraction of sp³-hybridized carbons (Fsp3) is 0.333. The maximum atomic E-state index is 13.9. The number of aromatic nitrogens is 2. The average Bonchev–Trinajstić information content (AvgIpc) is 2.75. The van der Waals surface area contributed by atoms with Crippen molar-refractivity contribution in [2.24, 2.45) is 0 Å². The van der Waals surface area contributed by atoms with Crippen LogP contribution in [-0.4, -0.2) is 15.6 Å². The van der Waals surface area contributed by atoms with Crippen molar-refractivity contribution < 1.29 is 9.18 Å². The quantitative estimate of drug-likeness (QED) is 0.668. The number of hydrogen-bond donors (Lipinski definition) is 0. The maximum absolute atomic E-state index is 13.9. The predicted molar refractivity (Wildman–Crippen MR) is 87.1 cm³/mol. The van der Waals surface area contributed by atoms with Crippen LogP contribution in [0.3, 0.4) is 0 Å². The molecule has 0 aliphatic carbocycles. The smallest absolute Gasteiger partial charge is 0.171 e. The zero-order chi connectivity index (χ0) is 15.6. The molecule has 112 valence electrons. The van der Waals surface area contributed by atoms with Gasteiger partial charge in [0.05, 0.1) is 27.8 Å². The Kier molecular flexibility index (Phi) is 5.32. The van der Waals surface area contributed by atoms with Gasteiger partial charge in [0.25, 0.3) is 0 Å². The molecule has 21 heavy (non-hydrogen) atoms. The minimum atomic E-state index is -0.510. The van der Waals surface area contributed by atoms with Crippen molar-refractivity contribution in [2.45, 2.75) is 33.2 Å². The molecule has 0 atom stereocenters. The molecule has 3 nitrogen and oxygen atoms in total. The van der Waals surface area contributed by atoms with Gasteiger partial charge in [-0.3, -0.25) is 9.48 Å². The number of rotatable bonds is 5. The summed E-state index contributed by atoms with van der Waals surface area (Å²) in [4.78, 5) is 12.3. The predicted octanol–water partition coefficient (Wildman–Crippen LogP) is 4.55. The van der Waals surface area contributed by atoms with Crippen LogP contribution in [0.2, 0.25) is 0 Å². The molecular weight excluding hydrogens is 403 g/mol. The molecule has 1 aromatic carbocycles. The van der Waals surface area contributed by atoms with Gasteiger partial charge in [0, 0.05) is 11.0 Å². The summed E-state index contributed by atoms with van der Waals surface area (Å²) in [6.07, 6.45) is 0.904. The van der Waals surface area contributed by atoms with Gasteiger partial charge in [-0.2, -0.15) is 5.10 Å². The Balaban J connectivity index is 2.33. The van der Waals surface area contributed by atoms with E-state index in [0.29, 0.717) is 11.0 Å². The maximum Gasteiger partial charge on any atom is 0.171 e. The minimum Gasteiger partial charge on any atom is -0.294 e. The highest BCUT2D eigenvalue weighted by atomic mass is 79.9. The Bertz CT molecular complexity index is 683. The molecule has 2 rings (SSSR count). The summed E-state index contributed by atoms with van der Waals surface area (Å²) in [6.45, 7) is 4.64. The third-order valence-electron chi connectivity index (χ3n) is 3.25. The standard InChI is InChI=1S/C15H15Br2FN2O/c1-3-12-15(17)13(20(4-2)19-12)8-14(21)10-6-5-9(16)7-11(10)18/h5-7H,3-4,8H2,1-2H3. The van der Waals surface area contributed by atoms with E-state index in [9.17, 15) is 9.18 Å². The zero-order valence-corrected chi connectivity index (χ0v) is 15.0. The minimum absolute atomic E-state index is 0.104. The number of benzene rings is 1. The molecule has 0 bridgehead atoms. The highest BCUT2D eigenvalue weighted by molar-refractivity contribution is 9.10. The lowest BCUT2D eigenvalue weighted by Crippen LogP contribution is -2.11. The number of carbonyl (C=O) groups excluding carboxylic acids is 1. The molecular formula is C15H15Br2FN2O. The third kappa shape index (κ3) is 3.43. The molecule has 0 N–H and O–H groups in total. The van der Waals surface area contributed by atoms with Crippen LogP contribution in [0.5, 0.6) is 0 Å². The fourth-order valence-corrected chi connectivity index (χ4v) is 3.19. The fourth-order valence-electron chi connectivity index (χ4n) is 2.15. The van der Waals surface area contributed by atoms with E-state index in [1.54, 1.807) is 10.7 Å². The summed E-state index contributed by atoms with van der Waals surface area (Å²) in [7, 11) is 0. The van der Waals surface area contributed by atoms with Crippen LogP contribution in [0.25, 0.3) is 0 Å². The van der Waals surface area contributed by atoms with Gasteiger partial charge < -0.3 is 0 Å². The molecule has 6 heteroatoms. The molecule has 0 radical (unpaired) electrons. The summed E-state index contributed by atoms with van der Waals surface area (Å²) in [5.74, 6) is -0.762. The Labute approximate surface area is 139 Å². The first-order chi connectivity index (χ1) is 9.97. The van der Waals surface area contributed by atoms with Gasteiger partial charge in [0.15, 0.2) is 5.78 Å². The van der Waals surface area contributed by atoms with E-state index in [0.717, 1.165) is 22.3 Å². The lowest BCUT2D eigenvalue weighted by molar-refractivity contribution is 0.0986. The van der Waals surface area contributed by atoms with Crippen LogP contribution < -0.4 is 0 Å². The summed E-state index contributed by atoms with van der Waals surface area (Å²) in [5.41, 5.74) is 1.81. The highest BCUT2D eigenvalue weighted by Gasteiger charge is 2.19. The molecule has 0 saturated heterocycles. The van der Waals surface area contributed by atoms with Crippen LogP contribution in [0.4, 0.5) is 4.39 Å². The Morgan fingerprint density at radius 1 is 1.33 bits per heavy atom. The molecule has 2 aromatic rings. The van der Waals surface area contributed by atoms with Gasteiger partial charge in [-0.25, -0.2) is 4.39 Å².